The van der Waals surface area contributed by atoms with Crippen molar-refractivity contribution in [2.24, 2.45) is 5.73 Å². The van der Waals surface area contributed by atoms with Crippen LogP contribution in [0.4, 0.5) is 5.69 Å². The van der Waals surface area contributed by atoms with Gasteiger partial charge >= 0.3 is 0 Å². The van der Waals surface area contributed by atoms with Crippen molar-refractivity contribution in [3.8, 4) is 5.75 Å². The summed E-state index contributed by atoms with van der Waals surface area (Å²) in [6, 6.07) is 5.46. The number of nitrogens with one attached hydrogen (secondary N) is 1. The van der Waals surface area contributed by atoms with Gasteiger partial charge in [-0.25, -0.2) is 0 Å². The average molecular weight is 287 g/mol. The minimum Gasteiger partial charge on any atom is -0.492 e. The SMILES string of the molecule is CCOc1cc(Br)ccc1NC(=O)CCN. The summed E-state index contributed by atoms with van der Waals surface area (Å²) in [5, 5.41) is 2.76. The Morgan fingerprint density at radius 3 is 2.94 bits per heavy atom. The molecule has 16 heavy (non-hydrogen) atoms. The standard InChI is InChI=1S/C11H15BrN2O2/c1-2-16-10-7-8(12)3-4-9(10)14-11(15)5-6-13/h3-4,7H,2,5-6,13H2,1H3,(H,14,15). The summed E-state index contributed by atoms with van der Waals surface area (Å²) >= 11 is 3.35. The van der Waals surface area contributed by atoms with Crippen molar-refractivity contribution in [2.45, 2.75) is 13.3 Å². The van der Waals surface area contributed by atoms with Gasteiger partial charge in [0.1, 0.15) is 5.75 Å². The zero-order valence-corrected chi connectivity index (χ0v) is 10.7. The number of halogens is 1. The monoisotopic (exact) mass is 286 g/mol. The Morgan fingerprint density at radius 2 is 2.31 bits per heavy atom. The Balaban J connectivity index is 2.81. The molecule has 5 heteroatoms. The van der Waals surface area contributed by atoms with Crippen molar-refractivity contribution in [2.75, 3.05) is 18.5 Å². The Labute approximate surface area is 103 Å². The molecule has 0 spiro atoms. The fourth-order valence-corrected chi connectivity index (χ4v) is 1.56. The first-order valence-corrected chi connectivity index (χ1v) is 5.89. The topological polar surface area (TPSA) is 64.3 Å². The molecule has 0 saturated heterocycles. The molecule has 0 saturated carbocycles. The summed E-state index contributed by atoms with van der Waals surface area (Å²) in [6.07, 6.45) is 0.307. The highest BCUT2D eigenvalue weighted by Gasteiger charge is 2.07. The van der Waals surface area contributed by atoms with Gasteiger partial charge in [0.15, 0.2) is 0 Å². The zero-order valence-electron chi connectivity index (χ0n) is 9.13. The molecule has 0 fully saturated rings. The van der Waals surface area contributed by atoms with Gasteiger partial charge in [0.2, 0.25) is 5.91 Å². The van der Waals surface area contributed by atoms with E-state index in [1.165, 1.54) is 0 Å². The Bertz CT molecular complexity index is 369. The molecule has 88 valence electrons. The third-order valence-corrected chi connectivity index (χ3v) is 2.38. The molecule has 1 amide bonds. The number of anilines is 1. The number of hydrogen-bond donors (Lipinski definition) is 2. The second-order valence-corrected chi connectivity index (χ2v) is 4.08. The number of amides is 1. The van der Waals surface area contributed by atoms with E-state index in [-0.39, 0.29) is 5.91 Å². The molecular weight excluding hydrogens is 272 g/mol. The normalized spacial score (nSPS) is 9.94. The fourth-order valence-electron chi connectivity index (χ4n) is 1.22. The number of rotatable bonds is 5. The maximum absolute atomic E-state index is 11.4. The van der Waals surface area contributed by atoms with E-state index in [9.17, 15) is 4.79 Å². The van der Waals surface area contributed by atoms with Gasteiger partial charge in [0.05, 0.1) is 12.3 Å². The van der Waals surface area contributed by atoms with Crippen molar-refractivity contribution in [3.05, 3.63) is 22.7 Å². The van der Waals surface area contributed by atoms with Crippen LogP contribution in [-0.2, 0) is 4.79 Å². The van der Waals surface area contributed by atoms with E-state index < -0.39 is 0 Å². The van der Waals surface area contributed by atoms with E-state index in [1.54, 1.807) is 6.07 Å². The lowest BCUT2D eigenvalue weighted by Gasteiger charge is -2.11. The van der Waals surface area contributed by atoms with Gasteiger partial charge in [0, 0.05) is 17.4 Å². The number of benzene rings is 1. The Hall–Kier alpha value is -1.07. The molecule has 0 unspecified atom stereocenters. The first kappa shape index (κ1) is 13.0. The first-order chi connectivity index (χ1) is 7.67. The van der Waals surface area contributed by atoms with Crippen LogP contribution in [0.1, 0.15) is 13.3 Å². The largest absolute Gasteiger partial charge is 0.492 e. The van der Waals surface area contributed by atoms with E-state index in [0.29, 0.717) is 31.0 Å². The van der Waals surface area contributed by atoms with Crippen LogP contribution in [0.3, 0.4) is 0 Å². The molecule has 0 radical (unpaired) electrons. The van der Waals surface area contributed by atoms with Crippen LogP contribution < -0.4 is 15.8 Å². The summed E-state index contributed by atoms with van der Waals surface area (Å²) in [5.74, 6) is 0.549. The van der Waals surface area contributed by atoms with Gasteiger partial charge in [-0.15, -0.1) is 0 Å². The summed E-state index contributed by atoms with van der Waals surface area (Å²) in [5.41, 5.74) is 5.97. The van der Waals surface area contributed by atoms with E-state index >= 15 is 0 Å². The maximum Gasteiger partial charge on any atom is 0.225 e. The van der Waals surface area contributed by atoms with Crippen LogP contribution in [0.2, 0.25) is 0 Å². The van der Waals surface area contributed by atoms with Crippen LogP contribution in [0.15, 0.2) is 22.7 Å². The molecule has 4 nitrogen and oxygen atoms in total. The minimum absolute atomic E-state index is 0.106. The van der Waals surface area contributed by atoms with Crippen LogP contribution in [0, 0.1) is 0 Å². The van der Waals surface area contributed by atoms with Crippen LogP contribution >= 0.6 is 15.9 Å². The first-order valence-electron chi connectivity index (χ1n) is 5.09. The lowest BCUT2D eigenvalue weighted by molar-refractivity contribution is -0.116. The number of hydrogen-bond acceptors (Lipinski definition) is 3. The van der Waals surface area contributed by atoms with Crippen molar-refractivity contribution >= 4 is 27.5 Å². The highest BCUT2D eigenvalue weighted by Crippen LogP contribution is 2.28. The van der Waals surface area contributed by atoms with Gasteiger partial charge in [-0.2, -0.15) is 0 Å². The molecule has 3 N–H and O–H groups in total. The van der Waals surface area contributed by atoms with Crippen LogP contribution in [0.25, 0.3) is 0 Å². The molecule has 0 heterocycles. The molecule has 0 aromatic heterocycles. The smallest absolute Gasteiger partial charge is 0.225 e. The third kappa shape index (κ3) is 3.83. The second kappa shape index (κ2) is 6.50. The lowest BCUT2D eigenvalue weighted by atomic mass is 10.2. The van der Waals surface area contributed by atoms with Gasteiger partial charge in [-0.05, 0) is 25.1 Å². The van der Waals surface area contributed by atoms with Crippen molar-refractivity contribution in [3.63, 3.8) is 0 Å². The van der Waals surface area contributed by atoms with E-state index in [4.69, 9.17) is 10.5 Å². The highest BCUT2D eigenvalue weighted by atomic mass is 79.9. The van der Waals surface area contributed by atoms with Gasteiger partial charge < -0.3 is 15.8 Å². The average Bonchev–Trinajstić information content (AvgIpc) is 2.23. The number of ether oxygens (including phenoxy) is 1. The number of carbonyl (C=O) groups is 1. The van der Waals surface area contributed by atoms with Crippen molar-refractivity contribution < 1.29 is 9.53 Å². The van der Waals surface area contributed by atoms with Crippen molar-refractivity contribution in [1.29, 1.82) is 0 Å². The molecule has 0 bridgehead atoms. The lowest BCUT2D eigenvalue weighted by Crippen LogP contribution is -2.16. The molecule has 1 aromatic rings. The highest BCUT2D eigenvalue weighted by molar-refractivity contribution is 9.10. The molecule has 1 aromatic carbocycles. The number of nitrogens with two attached hydrogens (primary N) is 1. The summed E-state index contributed by atoms with van der Waals surface area (Å²) in [6.45, 7) is 2.79. The van der Waals surface area contributed by atoms with Crippen LogP contribution in [0.5, 0.6) is 5.75 Å². The van der Waals surface area contributed by atoms with E-state index in [0.717, 1.165) is 4.47 Å². The molecule has 0 aliphatic carbocycles. The minimum atomic E-state index is -0.106. The van der Waals surface area contributed by atoms with Gasteiger partial charge in [-0.1, -0.05) is 15.9 Å². The Kier molecular flexibility index (Phi) is 5.28. The maximum atomic E-state index is 11.4. The quantitative estimate of drug-likeness (QED) is 0.872. The molecule has 0 atom stereocenters. The zero-order chi connectivity index (χ0) is 12.0. The van der Waals surface area contributed by atoms with Gasteiger partial charge in [-0.3, -0.25) is 4.79 Å². The van der Waals surface area contributed by atoms with Crippen molar-refractivity contribution in [1.82, 2.24) is 0 Å². The van der Waals surface area contributed by atoms with E-state index in [2.05, 4.69) is 21.2 Å². The number of carbonyl (C=O) groups excluding carboxylic acids is 1. The fraction of sp³-hybridized carbons (Fsp3) is 0.364. The second-order valence-electron chi connectivity index (χ2n) is 3.16. The van der Waals surface area contributed by atoms with E-state index in [1.807, 2.05) is 19.1 Å². The molecular formula is C11H15BrN2O2. The third-order valence-electron chi connectivity index (χ3n) is 1.89. The van der Waals surface area contributed by atoms with Gasteiger partial charge in [0.25, 0.3) is 0 Å². The molecule has 0 aliphatic heterocycles. The molecule has 1 rings (SSSR count). The van der Waals surface area contributed by atoms with Crippen LogP contribution in [-0.4, -0.2) is 19.1 Å². The summed E-state index contributed by atoms with van der Waals surface area (Å²) < 4.78 is 6.33. The Morgan fingerprint density at radius 1 is 1.56 bits per heavy atom. The summed E-state index contributed by atoms with van der Waals surface area (Å²) in [7, 11) is 0. The predicted octanol–water partition coefficient (Wildman–Crippen LogP) is 2.14. The molecule has 0 aliphatic rings. The summed E-state index contributed by atoms with van der Waals surface area (Å²) in [4.78, 5) is 11.4. The predicted molar refractivity (Wildman–Crippen MR) is 67.6 cm³/mol.